The molecule has 78 valence electrons. The van der Waals surface area contributed by atoms with Crippen molar-refractivity contribution >= 4 is 34.5 Å². The number of nitrogens with two attached hydrogens (primary N) is 2. The molecule has 1 aromatic carbocycles. The maximum Gasteiger partial charge on any atom is 0.237 e. The van der Waals surface area contributed by atoms with Crippen molar-refractivity contribution in [3.63, 3.8) is 0 Å². The van der Waals surface area contributed by atoms with Gasteiger partial charge in [-0.25, -0.2) is 4.98 Å². The number of fused-ring (bicyclic) bond motifs is 1. The Bertz CT molecular complexity index is 534. The second-order valence-corrected chi connectivity index (χ2v) is 3.59. The molecular weight excluding hydrogens is 216 g/mol. The zero-order valence-corrected chi connectivity index (χ0v) is 8.53. The second kappa shape index (κ2) is 3.43. The largest absolute Gasteiger partial charge is 0.369 e. The molecule has 0 fully saturated rings. The molecule has 0 atom stereocenters. The predicted octanol–water partition coefficient (Wildman–Crippen LogP) is 0.757. The summed E-state index contributed by atoms with van der Waals surface area (Å²) in [5.74, 6) is -0.216. The van der Waals surface area contributed by atoms with E-state index in [-0.39, 0.29) is 12.5 Å². The van der Waals surface area contributed by atoms with E-state index in [1.807, 2.05) is 0 Å². The zero-order chi connectivity index (χ0) is 11.0. The molecule has 5 nitrogen and oxygen atoms in total. The van der Waals surface area contributed by atoms with Crippen LogP contribution in [0.1, 0.15) is 0 Å². The number of hydrogen-bond donors (Lipinski definition) is 2. The minimum Gasteiger partial charge on any atom is -0.369 e. The molecule has 1 amide bonds. The van der Waals surface area contributed by atoms with E-state index in [9.17, 15) is 4.79 Å². The van der Waals surface area contributed by atoms with Gasteiger partial charge in [0.05, 0.1) is 11.0 Å². The number of anilines is 1. The molecule has 4 N–H and O–H groups in total. The van der Waals surface area contributed by atoms with E-state index in [2.05, 4.69) is 4.98 Å². The van der Waals surface area contributed by atoms with E-state index in [0.29, 0.717) is 16.1 Å². The van der Waals surface area contributed by atoms with E-state index in [1.165, 1.54) is 4.57 Å². The Balaban J connectivity index is 2.65. The molecule has 6 heteroatoms. The maximum absolute atomic E-state index is 10.8. The fourth-order valence-corrected chi connectivity index (χ4v) is 1.60. The number of halogens is 1. The van der Waals surface area contributed by atoms with Crippen LogP contribution in [0.2, 0.25) is 5.02 Å². The highest BCUT2D eigenvalue weighted by Gasteiger charge is 2.09. The number of rotatable bonds is 2. The number of amides is 1. The smallest absolute Gasteiger partial charge is 0.237 e. The van der Waals surface area contributed by atoms with Gasteiger partial charge >= 0.3 is 0 Å². The van der Waals surface area contributed by atoms with Gasteiger partial charge in [0.2, 0.25) is 11.9 Å². The lowest BCUT2D eigenvalue weighted by Crippen LogP contribution is -2.19. The lowest BCUT2D eigenvalue weighted by Gasteiger charge is -2.02. The van der Waals surface area contributed by atoms with Crippen LogP contribution in [0.3, 0.4) is 0 Å². The van der Waals surface area contributed by atoms with Crippen molar-refractivity contribution < 1.29 is 4.79 Å². The molecule has 0 aliphatic rings. The number of benzene rings is 1. The third kappa shape index (κ3) is 1.73. The first-order valence-electron chi connectivity index (χ1n) is 4.27. The minimum atomic E-state index is -0.471. The van der Waals surface area contributed by atoms with Gasteiger partial charge < -0.3 is 16.0 Å². The fraction of sp³-hybridized carbons (Fsp3) is 0.111. The Labute approximate surface area is 90.6 Å². The van der Waals surface area contributed by atoms with Crippen LogP contribution in [0.15, 0.2) is 18.2 Å². The summed E-state index contributed by atoms with van der Waals surface area (Å²) in [7, 11) is 0. The molecule has 0 aliphatic carbocycles. The van der Waals surface area contributed by atoms with Gasteiger partial charge in [0.15, 0.2) is 0 Å². The molecule has 1 heterocycles. The standard InChI is InChI=1S/C9H9ClN4O/c10-5-1-2-6-7(3-5)14(4-8(11)15)9(12)13-6/h1-3H,4H2,(H2,11,15)(H2,12,13). The molecular formula is C9H9ClN4O. The van der Waals surface area contributed by atoms with Gasteiger partial charge in [-0.15, -0.1) is 0 Å². The highest BCUT2D eigenvalue weighted by molar-refractivity contribution is 6.31. The molecule has 0 unspecified atom stereocenters. The average Bonchev–Trinajstić information content (AvgIpc) is 2.43. The van der Waals surface area contributed by atoms with Crippen molar-refractivity contribution in [2.24, 2.45) is 5.73 Å². The molecule has 2 rings (SSSR count). The van der Waals surface area contributed by atoms with Gasteiger partial charge in [-0.3, -0.25) is 4.79 Å². The zero-order valence-electron chi connectivity index (χ0n) is 7.77. The predicted molar refractivity (Wildman–Crippen MR) is 58.3 cm³/mol. The minimum absolute atomic E-state index is 0.00265. The van der Waals surface area contributed by atoms with E-state index >= 15 is 0 Å². The van der Waals surface area contributed by atoms with Crippen LogP contribution >= 0.6 is 11.6 Å². The van der Waals surface area contributed by atoms with Gasteiger partial charge in [-0.2, -0.15) is 0 Å². The van der Waals surface area contributed by atoms with Crippen molar-refractivity contribution in [3.05, 3.63) is 23.2 Å². The first-order valence-corrected chi connectivity index (χ1v) is 4.65. The summed E-state index contributed by atoms with van der Waals surface area (Å²) in [4.78, 5) is 14.9. The van der Waals surface area contributed by atoms with E-state index in [1.54, 1.807) is 18.2 Å². The normalized spacial score (nSPS) is 10.7. The number of primary amides is 1. The van der Waals surface area contributed by atoms with Crippen molar-refractivity contribution in [3.8, 4) is 0 Å². The van der Waals surface area contributed by atoms with Crippen LogP contribution < -0.4 is 11.5 Å². The average molecular weight is 225 g/mol. The molecule has 2 aromatic rings. The van der Waals surface area contributed by atoms with Crippen molar-refractivity contribution in [1.82, 2.24) is 9.55 Å². The second-order valence-electron chi connectivity index (χ2n) is 3.16. The molecule has 0 saturated carbocycles. The number of nitrogens with zero attached hydrogens (tertiary/aromatic N) is 2. The molecule has 15 heavy (non-hydrogen) atoms. The van der Waals surface area contributed by atoms with Crippen LogP contribution in [-0.4, -0.2) is 15.5 Å². The molecule has 1 aromatic heterocycles. The number of carbonyl (C=O) groups is 1. The molecule has 0 aliphatic heterocycles. The summed E-state index contributed by atoms with van der Waals surface area (Å²) in [5.41, 5.74) is 12.2. The van der Waals surface area contributed by atoms with Gasteiger partial charge in [0.25, 0.3) is 0 Å². The number of carbonyl (C=O) groups excluding carboxylic acids is 1. The van der Waals surface area contributed by atoms with Gasteiger partial charge in [-0.1, -0.05) is 11.6 Å². The third-order valence-electron chi connectivity index (χ3n) is 2.05. The monoisotopic (exact) mass is 224 g/mol. The van der Waals surface area contributed by atoms with Crippen LogP contribution in [0.4, 0.5) is 5.95 Å². The van der Waals surface area contributed by atoms with Crippen molar-refractivity contribution in [2.75, 3.05) is 5.73 Å². The summed E-state index contributed by atoms with van der Waals surface area (Å²) >= 11 is 5.84. The SMILES string of the molecule is NC(=O)Cn1c(N)nc2ccc(Cl)cc21. The molecule has 0 saturated heterocycles. The molecule has 0 spiro atoms. The van der Waals surface area contributed by atoms with Crippen LogP contribution in [0.5, 0.6) is 0 Å². The summed E-state index contributed by atoms with van der Waals surface area (Å²) in [5, 5.41) is 0.563. The summed E-state index contributed by atoms with van der Waals surface area (Å²) in [6.07, 6.45) is 0. The van der Waals surface area contributed by atoms with Crippen LogP contribution in [-0.2, 0) is 11.3 Å². The fourth-order valence-electron chi connectivity index (χ4n) is 1.44. The first kappa shape index (κ1) is 9.79. The lowest BCUT2D eigenvalue weighted by atomic mass is 10.3. The Kier molecular flexibility index (Phi) is 2.24. The summed E-state index contributed by atoms with van der Waals surface area (Å²) in [6, 6.07) is 5.15. The summed E-state index contributed by atoms with van der Waals surface area (Å²) in [6.45, 7) is 0.00265. The van der Waals surface area contributed by atoms with Gasteiger partial charge in [0.1, 0.15) is 6.54 Å². The molecule has 0 radical (unpaired) electrons. The maximum atomic E-state index is 10.8. The Morgan fingerprint density at radius 1 is 1.53 bits per heavy atom. The highest BCUT2D eigenvalue weighted by Crippen LogP contribution is 2.21. The summed E-state index contributed by atoms with van der Waals surface area (Å²) < 4.78 is 1.53. The quantitative estimate of drug-likeness (QED) is 0.790. The topological polar surface area (TPSA) is 86.9 Å². The van der Waals surface area contributed by atoms with E-state index < -0.39 is 5.91 Å². The Hall–Kier alpha value is -1.75. The van der Waals surface area contributed by atoms with Crippen molar-refractivity contribution in [2.45, 2.75) is 6.54 Å². The highest BCUT2D eigenvalue weighted by atomic mass is 35.5. The number of hydrogen-bond acceptors (Lipinski definition) is 3. The van der Waals surface area contributed by atoms with Gasteiger partial charge in [-0.05, 0) is 18.2 Å². The van der Waals surface area contributed by atoms with E-state index in [4.69, 9.17) is 23.1 Å². The van der Waals surface area contributed by atoms with Gasteiger partial charge in [0, 0.05) is 5.02 Å². The van der Waals surface area contributed by atoms with E-state index in [0.717, 1.165) is 0 Å². The molecule has 0 bridgehead atoms. The van der Waals surface area contributed by atoms with Crippen LogP contribution in [0, 0.1) is 0 Å². The Morgan fingerprint density at radius 2 is 2.27 bits per heavy atom. The van der Waals surface area contributed by atoms with Crippen LogP contribution in [0.25, 0.3) is 11.0 Å². The lowest BCUT2D eigenvalue weighted by molar-refractivity contribution is -0.118. The number of imidazole rings is 1. The first-order chi connectivity index (χ1) is 7.08. The Morgan fingerprint density at radius 3 is 2.93 bits per heavy atom. The number of aromatic nitrogens is 2. The third-order valence-corrected chi connectivity index (χ3v) is 2.29. The van der Waals surface area contributed by atoms with Crippen molar-refractivity contribution in [1.29, 1.82) is 0 Å². The number of nitrogen functional groups attached to an aromatic ring is 1.